The first kappa shape index (κ1) is 13.5. The number of amides is 1. The number of benzene rings is 1. The van der Waals surface area contributed by atoms with Gasteiger partial charge in [-0.05, 0) is 6.07 Å². The van der Waals surface area contributed by atoms with Crippen molar-refractivity contribution in [2.75, 3.05) is 0 Å². The highest BCUT2D eigenvalue weighted by Gasteiger charge is 2.13. The van der Waals surface area contributed by atoms with E-state index in [1.165, 1.54) is 18.3 Å². The summed E-state index contributed by atoms with van der Waals surface area (Å²) in [5.41, 5.74) is 0.157. The minimum absolute atomic E-state index is 0.0167. The van der Waals surface area contributed by atoms with Crippen molar-refractivity contribution in [2.24, 2.45) is 0 Å². The molecule has 1 heterocycles. The molecule has 0 fully saturated rings. The van der Waals surface area contributed by atoms with Gasteiger partial charge in [0.15, 0.2) is 0 Å². The van der Waals surface area contributed by atoms with Crippen LogP contribution in [0.5, 0.6) is 0 Å². The highest BCUT2D eigenvalue weighted by atomic mass is 16.6. The van der Waals surface area contributed by atoms with E-state index in [9.17, 15) is 19.7 Å². The van der Waals surface area contributed by atoms with Gasteiger partial charge >= 0.3 is 0 Å². The van der Waals surface area contributed by atoms with Gasteiger partial charge in [-0.1, -0.05) is 18.2 Å². The maximum Gasteiger partial charge on any atom is 0.274 e. The molecule has 7 heteroatoms. The van der Waals surface area contributed by atoms with Gasteiger partial charge in [0.1, 0.15) is 0 Å². The zero-order valence-electron chi connectivity index (χ0n) is 10.3. The molecule has 0 spiro atoms. The number of nitrogens with one attached hydrogen (secondary N) is 2. The third kappa shape index (κ3) is 3.08. The first-order valence-corrected chi connectivity index (χ1v) is 5.77. The minimum Gasteiger partial charge on any atom is -0.348 e. The molecule has 0 saturated carbocycles. The number of carbonyl (C=O) groups excluding carboxylic acids is 1. The maximum absolute atomic E-state index is 11.8. The molecule has 7 nitrogen and oxygen atoms in total. The van der Waals surface area contributed by atoms with E-state index in [1.807, 2.05) is 0 Å². The fraction of sp³-hybridized carbons (Fsp3) is 0.0769. The summed E-state index contributed by atoms with van der Waals surface area (Å²) in [5, 5.41) is 13.4. The fourth-order valence-electron chi connectivity index (χ4n) is 1.70. The maximum atomic E-state index is 11.8. The van der Waals surface area contributed by atoms with Crippen molar-refractivity contribution in [3.63, 3.8) is 0 Å². The average Bonchev–Trinajstić information content (AvgIpc) is 2.45. The summed E-state index contributed by atoms with van der Waals surface area (Å²) >= 11 is 0. The molecule has 1 aromatic heterocycles. The summed E-state index contributed by atoms with van der Waals surface area (Å²) in [5.74, 6) is -0.464. The zero-order valence-corrected chi connectivity index (χ0v) is 10.3. The van der Waals surface area contributed by atoms with Crippen molar-refractivity contribution < 1.29 is 9.72 Å². The molecule has 0 aliphatic rings. The van der Waals surface area contributed by atoms with Gasteiger partial charge < -0.3 is 10.3 Å². The molecule has 0 aliphatic heterocycles. The quantitative estimate of drug-likeness (QED) is 0.645. The van der Waals surface area contributed by atoms with Crippen LogP contribution in [-0.4, -0.2) is 15.8 Å². The van der Waals surface area contributed by atoms with Gasteiger partial charge in [-0.3, -0.25) is 19.7 Å². The van der Waals surface area contributed by atoms with Crippen LogP contribution in [0.25, 0.3) is 0 Å². The van der Waals surface area contributed by atoms with Crippen molar-refractivity contribution in [2.45, 2.75) is 6.54 Å². The van der Waals surface area contributed by atoms with Gasteiger partial charge in [0.2, 0.25) is 5.56 Å². The van der Waals surface area contributed by atoms with Crippen LogP contribution in [0.2, 0.25) is 0 Å². The SMILES string of the molecule is O=C(NCc1ccccc1[N+](=O)[O-])c1cc[nH]c(=O)c1. The Morgan fingerprint density at radius 3 is 2.75 bits per heavy atom. The number of carbonyl (C=O) groups is 1. The highest BCUT2D eigenvalue weighted by Crippen LogP contribution is 2.17. The first-order chi connectivity index (χ1) is 9.58. The third-order valence-electron chi connectivity index (χ3n) is 2.66. The Labute approximate surface area is 113 Å². The number of aromatic amines is 1. The Bertz CT molecular complexity index is 709. The highest BCUT2D eigenvalue weighted by molar-refractivity contribution is 5.93. The molecule has 0 saturated heterocycles. The molecular formula is C13H11N3O4. The van der Waals surface area contributed by atoms with E-state index in [4.69, 9.17) is 0 Å². The number of hydrogen-bond acceptors (Lipinski definition) is 4. The summed E-state index contributed by atoms with van der Waals surface area (Å²) in [6.45, 7) is 0.0167. The lowest BCUT2D eigenvalue weighted by Crippen LogP contribution is -2.24. The summed E-state index contributed by atoms with van der Waals surface area (Å²) in [7, 11) is 0. The number of nitrogens with zero attached hydrogens (tertiary/aromatic N) is 1. The molecule has 20 heavy (non-hydrogen) atoms. The van der Waals surface area contributed by atoms with Gasteiger partial charge in [0.25, 0.3) is 11.6 Å². The van der Waals surface area contributed by atoms with Crippen molar-refractivity contribution in [3.05, 3.63) is 74.2 Å². The lowest BCUT2D eigenvalue weighted by molar-refractivity contribution is -0.385. The van der Waals surface area contributed by atoms with Crippen LogP contribution in [-0.2, 0) is 6.54 Å². The molecule has 0 bridgehead atoms. The molecule has 2 rings (SSSR count). The van der Waals surface area contributed by atoms with Gasteiger partial charge in [0.05, 0.1) is 4.92 Å². The number of para-hydroxylation sites is 1. The van der Waals surface area contributed by atoms with Gasteiger partial charge in [-0.25, -0.2) is 0 Å². The van der Waals surface area contributed by atoms with E-state index < -0.39 is 10.8 Å². The Hall–Kier alpha value is -2.96. The summed E-state index contributed by atoms with van der Waals surface area (Å²) < 4.78 is 0. The van der Waals surface area contributed by atoms with E-state index in [0.717, 1.165) is 6.07 Å². The number of hydrogen-bond donors (Lipinski definition) is 2. The van der Waals surface area contributed by atoms with Crippen LogP contribution < -0.4 is 10.9 Å². The van der Waals surface area contributed by atoms with E-state index >= 15 is 0 Å². The molecule has 0 unspecified atom stereocenters. The average molecular weight is 273 g/mol. The number of nitro groups is 1. The van der Waals surface area contributed by atoms with Crippen LogP contribution in [0.1, 0.15) is 15.9 Å². The lowest BCUT2D eigenvalue weighted by Gasteiger charge is -2.05. The Kier molecular flexibility index (Phi) is 3.90. The molecule has 0 atom stereocenters. The van der Waals surface area contributed by atoms with Crippen LogP contribution in [0.3, 0.4) is 0 Å². The summed E-state index contributed by atoms with van der Waals surface area (Å²) in [4.78, 5) is 35.6. The number of H-pyrrole nitrogens is 1. The standard InChI is InChI=1S/C13H11N3O4/c17-12-7-9(5-6-14-12)13(18)15-8-10-3-1-2-4-11(10)16(19)20/h1-7H,8H2,(H,14,17)(H,15,18). The van der Waals surface area contributed by atoms with Crippen molar-refractivity contribution in [3.8, 4) is 0 Å². The van der Waals surface area contributed by atoms with Crippen LogP contribution >= 0.6 is 0 Å². The summed E-state index contributed by atoms with van der Waals surface area (Å²) in [6.07, 6.45) is 1.36. The van der Waals surface area contributed by atoms with Crippen LogP contribution in [0.15, 0.2) is 47.4 Å². The molecule has 2 N–H and O–H groups in total. The molecule has 1 amide bonds. The minimum atomic E-state index is -0.505. The first-order valence-electron chi connectivity index (χ1n) is 5.77. The zero-order chi connectivity index (χ0) is 14.5. The second-order valence-electron chi connectivity index (χ2n) is 4.01. The second-order valence-corrected chi connectivity index (χ2v) is 4.01. The fourth-order valence-corrected chi connectivity index (χ4v) is 1.70. The molecule has 102 valence electrons. The smallest absolute Gasteiger partial charge is 0.274 e. The van der Waals surface area contributed by atoms with Gasteiger partial charge in [-0.2, -0.15) is 0 Å². The van der Waals surface area contributed by atoms with Gasteiger partial charge in [0, 0.05) is 36.0 Å². The number of aromatic nitrogens is 1. The van der Waals surface area contributed by atoms with Gasteiger partial charge in [-0.15, -0.1) is 0 Å². The lowest BCUT2D eigenvalue weighted by atomic mass is 10.1. The Balaban J connectivity index is 2.11. The Morgan fingerprint density at radius 1 is 1.30 bits per heavy atom. The predicted octanol–water partition coefficient (Wildman–Crippen LogP) is 1.21. The molecule has 2 aromatic rings. The van der Waals surface area contributed by atoms with Crippen molar-refractivity contribution in [1.82, 2.24) is 10.3 Å². The number of nitro benzene ring substituents is 1. The second kappa shape index (κ2) is 5.79. The van der Waals surface area contributed by atoms with Crippen LogP contribution in [0.4, 0.5) is 5.69 Å². The summed E-state index contributed by atoms with van der Waals surface area (Å²) in [6, 6.07) is 8.76. The Morgan fingerprint density at radius 2 is 2.05 bits per heavy atom. The number of pyridine rings is 1. The van der Waals surface area contributed by atoms with E-state index in [0.29, 0.717) is 5.56 Å². The monoisotopic (exact) mass is 273 g/mol. The predicted molar refractivity (Wildman–Crippen MR) is 71.3 cm³/mol. The third-order valence-corrected chi connectivity index (χ3v) is 2.66. The van der Waals surface area contributed by atoms with E-state index in [-0.39, 0.29) is 23.4 Å². The molecule has 0 aliphatic carbocycles. The largest absolute Gasteiger partial charge is 0.348 e. The molecule has 1 aromatic carbocycles. The van der Waals surface area contributed by atoms with Crippen LogP contribution in [0, 0.1) is 10.1 Å². The van der Waals surface area contributed by atoms with E-state index in [2.05, 4.69) is 10.3 Å². The van der Waals surface area contributed by atoms with E-state index in [1.54, 1.807) is 18.2 Å². The van der Waals surface area contributed by atoms with Crippen molar-refractivity contribution in [1.29, 1.82) is 0 Å². The van der Waals surface area contributed by atoms with Crippen molar-refractivity contribution >= 4 is 11.6 Å². The number of rotatable bonds is 4. The normalized spacial score (nSPS) is 10.0. The molecule has 0 radical (unpaired) electrons. The molecular weight excluding hydrogens is 262 g/mol. The topological polar surface area (TPSA) is 105 Å².